The highest BCUT2D eigenvalue weighted by Gasteiger charge is 2.29. The first-order valence-electron chi connectivity index (χ1n) is 8.60. The lowest BCUT2D eigenvalue weighted by atomic mass is 10.2. The standard InChI is InChI=1S/C17H29N3O2/c1-13(2)16-9-18-17(22-16)12-19(3)14-6-7-20(10-14)11-15-5-4-8-21-15/h9,13-15H,4-8,10-12H2,1-3H3/t14-,15+/m0/s1. The molecular formula is C17H29N3O2. The van der Waals surface area contributed by atoms with E-state index in [-0.39, 0.29) is 0 Å². The normalized spacial score (nSPS) is 26.6. The zero-order chi connectivity index (χ0) is 15.5. The van der Waals surface area contributed by atoms with Crippen LogP contribution in [0.4, 0.5) is 0 Å². The summed E-state index contributed by atoms with van der Waals surface area (Å²) in [5.74, 6) is 2.22. The van der Waals surface area contributed by atoms with Gasteiger partial charge in [-0.1, -0.05) is 13.8 Å². The summed E-state index contributed by atoms with van der Waals surface area (Å²) in [6.07, 6.45) is 6.01. The summed E-state index contributed by atoms with van der Waals surface area (Å²) in [5.41, 5.74) is 0. The quantitative estimate of drug-likeness (QED) is 0.807. The Labute approximate surface area is 133 Å². The first kappa shape index (κ1) is 16.0. The fourth-order valence-electron chi connectivity index (χ4n) is 3.42. The smallest absolute Gasteiger partial charge is 0.208 e. The van der Waals surface area contributed by atoms with E-state index in [1.807, 2.05) is 6.20 Å². The SMILES string of the molecule is CC(C)c1cnc(CN(C)[C@H]2CCN(C[C@H]3CCCO3)C2)o1. The predicted octanol–water partition coefficient (Wildman–Crippen LogP) is 2.48. The Balaban J connectivity index is 1.47. The molecule has 5 nitrogen and oxygen atoms in total. The summed E-state index contributed by atoms with van der Waals surface area (Å²) in [7, 11) is 2.18. The molecule has 124 valence electrons. The zero-order valence-corrected chi connectivity index (χ0v) is 14.1. The van der Waals surface area contributed by atoms with Crippen LogP contribution >= 0.6 is 0 Å². The molecule has 0 radical (unpaired) electrons. The lowest BCUT2D eigenvalue weighted by molar-refractivity contribution is 0.0778. The number of rotatable bonds is 6. The van der Waals surface area contributed by atoms with Crippen molar-refractivity contribution in [2.75, 3.05) is 33.3 Å². The molecule has 2 aliphatic rings. The second-order valence-corrected chi connectivity index (χ2v) is 7.06. The van der Waals surface area contributed by atoms with Crippen molar-refractivity contribution in [1.82, 2.24) is 14.8 Å². The van der Waals surface area contributed by atoms with E-state index in [1.165, 1.54) is 25.8 Å². The Morgan fingerprint density at radius 2 is 2.27 bits per heavy atom. The summed E-state index contributed by atoms with van der Waals surface area (Å²) < 4.78 is 11.6. The van der Waals surface area contributed by atoms with E-state index in [0.29, 0.717) is 18.1 Å². The molecule has 0 N–H and O–H groups in total. The average molecular weight is 307 g/mol. The van der Waals surface area contributed by atoms with Crippen LogP contribution in [0.15, 0.2) is 10.6 Å². The molecule has 0 bridgehead atoms. The van der Waals surface area contributed by atoms with Crippen LogP contribution in [0, 0.1) is 0 Å². The van der Waals surface area contributed by atoms with Crippen LogP contribution in [0.5, 0.6) is 0 Å². The number of hydrogen-bond donors (Lipinski definition) is 0. The van der Waals surface area contributed by atoms with Crippen molar-refractivity contribution in [2.24, 2.45) is 0 Å². The van der Waals surface area contributed by atoms with E-state index in [1.54, 1.807) is 0 Å². The minimum Gasteiger partial charge on any atom is -0.444 e. The van der Waals surface area contributed by atoms with Gasteiger partial charge in [-0.3, -0.25) is 9.80 Å². The van der Waals surface area contributed by atoms with E-state index in [0.717, 1.165) is 37.9 Å². The molecule has 0 aromatic carbocycles. The molecule has 0 spiro atoms. The van der Waals surface area contributed by atoms with E-state index in [2.05, 4.69) is 35.7 Å². The van der Waals surface area contributed by atoms with Crippen LogP contribution in [0.3, 0.4) is 0 Å². The Bertz CT molecular complexity index is 468. The van der Waals surface area contributed by atoms with Gasteiger partial charge in [0.05, 0.1) is 18.8 Å². The van der Waals surface area contributed by atoms with Crippen molar-refractivity contribution in [1.29, 1.82) is 0 Å². The summed E-state index contributed by atoms with van der Waals surface area (Å²) in [5, 5.41) is 0. The summed E-state index contributed by atoms with van der Waals surface area (Å²) >= 11 is 0. The maximum atomic E-state index is 5.82. The molecule has 2 saturated heterocycles. The van der Waals surface area contributed by atoms with Crippen LogP contribution in [0.1, 0.15) is 50.7 Å². The van der Waals surface area contributed by atoms with Crippen molar-refractivity contribution >= 4 is 0 Å². The van der Waals surface area contributed by atoms with Crippen LogP contribution in [0.25, 0.3) is 0 Å². The average Bonchev–Trinajstić information content (AvgIpc) is 3.19. The highest BCUT2D eigenvalue weighted by molar-refractivity contribution is 4.99. The fourth-order valence-corrected chi connectivity index (χ4v) is 3.42. The van der Waals surface area contributed by atoms with Gasteiger partial charge in [0.2, 0.25) is 5.89 Å². The number of hydrogen-bond acceptors (Lipinski definition) is 5. The molecule has 0 saturated carbocycles. The van der Waals surface area contributed by atoms with Gasteiger partial charge in [0.15, 0.2) is 0 Å². The topological polar surface area (TPSA) is 41.7 Å². The molecular weight excluding hydrogens is 278 g/mol. The third kappa shape index (κ3) is 3.89. The maximum Gasteiger partial charge on any atom is 0.208 e. The first-order chi connectivity index (χ1) is 10.6. The molecule has 2 aliphatic heterocycles. The minimum atomic E-state index is 0.403. The van der Waals surface area contributed by atoms with Crippen LogP contribution in [-0.2, 0) is 11.3 Å². The Kier molecular flexibility index (Phi) is 5.16. The van der Waals surface area contributed by atoms with E-state index >= 15 is 0 Å². The Morgan fingerprint density at radius 3 is 2.95 bits per heavy atom. The lowest BCUT2D eigenvalue weighted by Crippen LogP contribution is -2.36. The van der Waals surface area contributed by atoms with Gasteiger partial charge in [0.1, 0.15) is 5.76 Å². The van der Waals surface area contributed by atoms with E-state index < -0.39 is 0 Å². The second-order valence-electron chi connectivity index (χ2n) is 7.06. The monoisotopic (exact) mass is 307 g/mol. The number of nitrogens with zero attached hydrogens (tertiary/aromatic N) is 3. The highest BCUT2D eigenvalue weighted by atomic mass is 16.5. The maximum absolute atomic E-state index is 5.82. The summed E-state index contributed by atoms with van der Waals surface area (Å²) in [4.78, 5) is 9.34. The highest BCUT2D eigenvalue weighted by Crippen LogP contribution is 2.21. The molecule has 1 aromatic rings. The van der Waals surface area contributed by atoms with Crippen molar-refractivity contribution in [2.45, 2.75) is 57.7 Å². The van der Waals surface area contributed by atoms with Crippen molar-refractivity contribution in [3.05, 3.63) is 17.8 Å². The Hall–Kier alpha value is -0.910. The van der Waals surface area contributed by atoms with E-state index in [4.69, 9.17) is 9.15 Å². The molecule has 0 amide bonds. The predicted molar refractivity (Wildman–Crippen MR) is 85.9 cm³/mol. The lowest BCUT2D eigenvalue weighted by Gasteiger charge is -2.24. The number of oxazole rings is 1. The van der Waals surface area contributed by atoms with Crippen molar-refractivity contribution in [3.8, 4) is 0 Å². The van der Waals surface area contributed by atoms with Gasteiger partial charge in [-0.25, -0.2) is 4.98 Å². The Morgan fingerprint density at radius 1 is 1.41 bits per heavy atom. The van der Waals surface area contributed by atoms with Gasteiger partial charge in [0.25, 0.3) is 0 Å². The molecule has 22 heavy (non-hydrogen) atoms. The minimum absolute atomic E-state index is 0.403. The third-order valence-electron chi connectivity index (χ3n) is 4.88. The number of likely N-dealkylation sites (tertiary alicyclic amines) is 1. The summed E-state index contributed by atoms with van der Waals surface area (Å²) in [6.45, 7) is 9.42. The zero-order valence-electron chi connectivity index (χ0n) is 14.1. The van der Waals surface area contributed by atoms with E-state index in [9.17, 15) is 0 Å². The molecule has 0 unspecified atom stereocenters. The number of likely N-dealkylation sites (N-methyl/N-ethyl adjacent to an activating group) is 1. The molecule has 1 aromatic heterocycles. The molecule has 5 heteroatoms. The van der Waals surface area contributed by atoms with Gasteiger partial charge in [-0.05, 0) is 32.9 Å². The van der Waals surface area contributed by atoms with Gasteiger partial charge in [-0.2, -0.15) is 0 Å². The van der Waals surface area contributed by atoms with Crippen molar-refractivity contribution in [3.63, 3.8) is 0 Å². The van der Waals surface area contributed by atoms with Gasteiger partial charge >= 0.3 is 0 Å². The molecule has 2 atom stereocenters. The van der Waals surface area contributed by atoms with Crippen LogP contribution < -0.4 is 0 Å². The first-order valence-corrected chi connectivity index (χ1v) is 8.60. The number of aromatic nitrogens is 1. The van der Waals surface area contributed by atoms with Crippen molar-refractivity contribution < 1.29 is 9.15 Å². The molecule has 2 fully saturated rings. The molecule has 0 aliphatic carbocycles. The third-order valence-corrected chi connectivity index (χ3v) is 4.88. The second kappa shape index (κ2) is 7.11. The summed E-state index contributed by atoms with van der Waals surface area (Å²) in [6, 6.07) is 0.593. The van der Waals surface area contributed by atoms with Gasteiger partial charge < -0.3 is 9.15 Å². The largest absolute Gasteiger partial charge is 0.444 e. The van der Waals surface area contributed by atoms with Crippen LogP contribution in [0.2, 0.25) is 0 Å². The fraction of sp³-hybridized carbons (Fsp3) is 0.824. The molecule has 3 rings (SSSR count). The van der Waals surface area contributed by atoms with Crippen LogP contribution in [-0.4, -0.2) is 60.2 Å². The van der Waals surface area contributed by atoms with Gasteiger partial charge in [0, 0.05) is 31.7 Å². The number of ether oxygens (including phenoxy) is 1. The van der Waals surface area contributed by atoms with Gasteiger partial charge in [-0.15, -0.1) is 0 Å². The molecule has 3 heterocycles.